The minimum atomic E-state index is 0.407. The molecule has 2 aliphatic rings. The van der Waals surface area contributed by atoms with Gasteiger partial charge in [-0.05, 0) is 37.6 Å². The Bertz CT molecular complexity index is 251. The highest BCUT2D eigenvalue weighted by atomic mass is 16.5. The summed E-state index contributed by atoms with van der Waals surface area (Å²) in [5.41, 5.74) is 0.407. The van der Waals surface area contributed by atoms with Crippen molar-refractivity contribution in [2.45, 2.75) is 38.6 Å². The number of rotatable bonds is 9. The van der Waals surface area contributed by atoms with E-state index < -0.39 is 0 Å². The van der Waals surface area contributed by atoms with E-state index in [1.165, 1.54) is 32.2 Å². The van der Waals surface area contributed by atoms with E-state index in [2.05, 4.69) is 17.1 Å². The molecule has 1 N–H and O–H groups in total. The van der Waals surface area contributed by atoms with Gasteiger partial charge in [0.1, 0.15) is 0 Å². The minimum absolute atomic E-state index is 0.407. The van der Waals surface area contributed by atoms with E-state index in [0.29, 0.717) is 5.41 Å². The summed E-state index contributed by atoms with van der Waals surface area (Å²) in [6.07, 6.45) is 5.13. The SMILES string of the molecule is CCNCC1(CN(CCOC)C2CC2)CCOCC1. The molecule has 0 radical (unpaired) electrons. The molecular weight excluding hydrogens is 240 g/mol. The zero-order valence-corrected chi connectivity index (χ0v) is 12.6. The summed E-state index contributed by atoms with van der Waals surface area (Å²) in [4.78, 5) is 2.66. The van der Waals surface area contributed by atoms with Gasteiger partial charge in [-0.2, -0.15) is 0 Å². The Morgan fingerprint density at radius 2 is 2.05 bits per heavy atom. The maximum Gasteiger partial charge on any atom is 0.0589 e. The third kappa shape index (κ3) is 4.71. The van der Waals surface area contributed by atoms with Crippen LogP contribution in [0, 0.1) is 5.41 Å². The van der Waals surface area contributed by atoms with Crippen LogP contribution in [-0.4, -0.2) is 64.1 Å². The Hall–Kier alpha value is -0.160. The molecule has 0 aromatic rings. The summed E-state index contributed by atoms with van der Waals surface area (Å²) in [5.74, 6) is 0. The van der Waals surface area contributed by atoms with Crippen molar-refractivity contribution in [2.24, 2.45) is 5.41 Å². The topological polar surface area (TPSA) is 33.7 Å². The van der Waals surface area contributed by atoms with Crippen LogP contribution in [0.2, 0.25) is 0 Å². The van der Waals surface area contributed by atoms with E-state index in [0.717, 1.165) is 45.5 Å². The molecular formula is C15H30N2O2. The molecule has 19 heavy (non-hydrogen) atoms. The zero-order valence-electron chi connectivity index (χ0n) is 12.6. The zero-order chi connectivity index (χ0) is 13.6. The van der Waals surface area contributed by atoms with Crippen molar-refractivity contribution in [1.82, 2.24) is 10.2 Å². The van der Waals surface area contributed by atoms with Gasteiger partial charge in [0.2, 0.25) is 0 Å². The largest absolute Gasteiger partial charge is 0.383 e. The van der Waals surface area contributed by atoms with E-state index in [4.69, 9.17) is 9.47 Å². The first-order valence-corrected chi connectivity index (χ1v) is 7.81. The third-order valence-corrected chi connectivity index (χ3v) is 4.49. The highest BCUT2D eigenvalue weighted by Gasteiger charge is 2.38. The number of nitrogens with one attached hydrogen (secondary N) is 1. The molecule has 112 valence electrons. The molecule has 0 amide bonds. The van der Waals surface area contributed by atoms with Gasteiger partial charge in [0, 0.05) is 46.0 Å². The smallest absolute Gasteiger partial charge is 0.0589 e. The quantitative estimate of drug-likeness (QED) is 0.688. The first-order valence-electron chi connectivity index (χ1n) is 7.81. The molecule has 0 bridgehead atoms. The number of methoxy groups -OCH3 is 1. The van der Waals surface area contributed by atoms with Gasteiger partial charge >= 0.3 is 0 Å². The van der Waals surface area contributed by atoms with E-state index in [9.17, 15) is 0 Å². The van der Waals surface area contributed by atoms with Gasteiger partial charge in [-0.15, -0.1) is 0 Å². The van der Waals surface area contributed by atoms with E-state index in [-0.39, 0.29) is 0 Å². The predicted octanol–water partition coefficient (Wildman–Crippen LogP) is 1.50. The van der Waals surface area contributed by atoms with Gasteiger partial charge in [0.25, 0.3) is 0 Å². The summed E-state index contributed by atoms with van der Waals surface area (Å²) in [6, 6.07) is 0.816. The predicted molar refractivity (Wildman–Crippen MR) is 77.5 cm³/mol. The molecule has 1 aliphatic heterocycles. The lowest BCUT2D eigenvalue weighted by Gasteiger charge is -2.41. The first kappa shape index (κ1) is 15.2. The second-order valence-electron chi connectivity index (χ2n) is 6.09. The van der Waals surface area contributed by atoms with Crippen LogP contribution in [0.4, 0.5) is 0 Å². The molecule has 0 spiro atoms. The van der Waals surface area contributed by atoms with Crippen molar-refractivity contribution in [3.05, 3.63) is 0 Å². The van der Waals surface area contributed by atoms with Crippen molar-refractivity contribution in [3.63, 3.8) is 0 Å². The standard InChI is InChI=1S/C15H30N2O2/c1-3-16-12-15(6-9-19-10-7-15)13-17(8-11-18-2)14-4-5-14/h14,16H,3-13H2,1-2H3. The van der Waals surface area contributed by atoms with Crippen LogP contribution in [0.1, 0.15) is 32.6 Å². The Kier molecular flexibility index (Phi) is 6.07. The fraction of sp³-hybridized carbons (Fsp3) is 1.00. The first-order chi connectivity index (χ1) is 9.29. The molecule has 1 aliphatic carbocycles. The van der Waals surface area contributed by atoms with Crippen LogP contribution in [0.3, 0.4) is 0 Å². The van der Waals surface area contributed by atoms with Crippen LogP contribution in [0.25, 0.3) is 0 Å². The van der Waals surface area contributed by atoms with Gasteiger partial charge in [-0.3, -0.25) is 4.90 Å². The summed E-state index contributed by atoms with van der Waals surface area (Å²) in [6.45, 7) is 9.36. The van der Waals surface area contributed by atoms with Crippen molar-refractivity contribution in [3.8, 4) is 0 Å². The molecule has 0 aromatic carbocycles. The number of ether oxygens (including phenoxy) is 2. The summed E-state index contributed by atoms with van der Waals surface area (Å²) < 4.78 is 10.8. The van der Waals surface area contributed by atoms with Gasteiger partial charge in [-0.25, -0.2) is 0 Å². The Morgan fingerprint density at radius 3 is 2.63 bits per heavy atom. The van der Waals surface area contributed by atoms with Gasteiger partial charge < -0.3 is 14.8 Å². The number of hydrogen-bond acceptors (Lipinski definition) is 4. The minimum Gasteiger partial charge on any atom is -0.383 e. The van der Waals surface area contributed by atoms with Crippen molar-refractivity contribution in [2.75, 3.05) is 53.1 Å². The van der Waals surface area contributed by atoms with Gasteiger partial charge in [0.15, 0.2) is 0 Å². The maximum atomic E-state index is 5.57. The summed E-state index contributed by atoms with van der Waals surface area (Å²) in [7, 11) is 1.80. The number of hydrogen-bond donors (Lipinski definition) is 1. The highest BCUT2D eigenvalue weighted by molar-refractivity contribution is 4.92. The molecule has 0 atom stereocenters. The second kappa shape index (κ2) is 7.58. The van der Waals surface area contributed by atoms with Crippen LogP contribution in [-0.2, 0) is 9.47 Å². The van der Waals surface area contributed by atoms with Crippen molar-refractivity contribution >= 4 is 0 Å². The van der Waals surface area contributed by atoms with E-state index in [1.807, 2.05) is 0 Å². The van der Waals surface area contributed by atoms with Crippen LogP contribution in [0.15, 0.2) is 0 Å². The van der Waals surface area contributed by atoms with E-state index in [1.54, 1.807) is 7.11 Å². The Morgan fingerprint density at radius 1 is 1.32 bits per heavy atom. The van der Waals surface area contributed by atoms with Crippen molar-refractivity contribution < 1.29 is 9.47 Å². The lowest BCUT2D eigenvalue weighted by Crippen LogP contribution is -2.48. The molecule has 1 saturated carbocycles. The highest BCUT2D eigenvalue weighted by Crippen LogP contribution is 2.35. The normalized spacial score (nSPS) is 22.9. The lowest BCUT2D eigenvalue weighted by molar-refractivity contribution is -0.00905. The fourth-order valence-corrected chi connectivity index (χ4v) is 3.06. The Labute approximate surface area is 117 Å². The molecule has 2 fully saturated rings. The van der Waals surface area contributed by atoms with Crippen molar-refractivity contribution in [1.29, 1.82) is 0 Å². The average molecular weight is 270 g/mol. The summed E-state index contributed by atoms with van der Waals surface area (Å²) in [5, 5.41) is 3.57. The molecule has 1 saturated heterocycles. The fourth-order valence-electron chi connectivity index (χ4n) is 3.06. The molecule has 4 nitrogen and oxygen atoms in total. The lowest BCUT2D eigenvalue weighted by atomic mass is 9.79. The molecule has 0 aromatic heterocycles. The monoisotopic (exact) mass is 270 g/mol. The number of nitrogens with zero attached hydrogens (tertiary/aromatic N) is 1. The molecule has 4 heteroatoms. The van der Waals surface area contributed by atoms with Gasteiger partial charge in [-0.1, -0.05) is 6.92 Å². The second-order valence-corrected chi connectivity index (χ2v) is 6.09. The molecule has 2 rings (SSSR count). The van der Waals surface area contributed by atoms with Gasteiger partial charge in [0.05, 0.1) is 6.61 Å². The van der Waals surface area contributed by atoms with E-state index >= 15 is 0 Å². The molecule has 0 unspecified atom stereocenters. The Balaban J connectivity index is 1.91. The average Bonchev–Trinajstić information content (AvgIpc) is 3.27. The van der Waals surface area contributed by atoms with Crippen LogP contribution >= 0.6 is 0 Å². The maximum absolute atomic E-state index is 5.57. The third-order valence-electron chi connectivity index (χ3n) is 4.49. The molecule has 1 heterocycles. The van der Waals surface area contributed by atoms with Crippen LogP contribution < -0.4 is 5.32 Å². The summed E-state index contributed by atoms with van der Waals surface area (Å²) >= 11 is 0. The van der Waals surface area contributed by atoms with Crippen LogP contribution in [0.5, 0.6) is 0 Å².